The van der Waals surface area contributed by atoms with Crippen LogP contribution in [0.5, 0.6) is 0 Å². The van der Waals surface area contributed by atoms with Gasteiger partial charge in [-0.25, -0.2) is 4.79 Å². The van der Waals surface area contributed by atoms with E-state index in [4.69, 9.17) is 0 Å². The Morgan fingerprint density at radius 3 is 2.22 bits per heavy atom. The molecule has 0 aromatic heterocycles. The zero-order chi connectivity index (χ0) is 38.2. The van der Waals surface area contributed by atoms with E-state index in [0.717, 1.165) is 0 Å². The average Bonchev–Trinajstić information content (AvgIpc) is 3.35. The molecule has 2 aliphatic heterocycles. The number of imide groups is 1. The van der Waals surface area contributed by atoms with Gasteiger partial charge in [-0.3, -0.25) is 33.7 Å². The highest BCUT2D eigenvalue weighted by Crippen LogP contribution is 2.65. The van der Waals surface area contributed by atoms with Crippen LogP contribution in [0.25, 0.3) is 0 Å². The third-order valence-electron chi connectivity index (χ3n) is 10.7. The predicted molar refractivity (Wildman–Crippen MR) is 191 cm³/mol. The van der Waals surface area contributed by atoms with Crippen molar-refractivity contribution in [3.05, 3.63) is 48.0 Å². The molecule has 4 N–H and O–H groups in total. The lowest BCUT2D eigenvalue weighted by molar-refractivity contribution is -0.145. The van der Waals surface area contributed by atoms with Crippen molar-refractivity contribution < 1.29 is 33.6 Å². The first-order chi connectivity index (χ1) is 23.6. The van der Waals surface area contributed by atoms with E-state index in [-0.39, 0.29) is 49.1 Å². The van der Waals surface area contributed by atoms with Crippen molar-refractivity contribution in [1.82, 2.24) is 31.1 Å². The summed E-state index contributed by atoms with van der Waals surface area (Å²) >= 11 is 0. The lowest BCUT2D eigenvalue weighted by Gasteiger charge is -2.39. The molecule has 13 nitrogen and oxygen atoms in total. The van der Waals surface area contributed by atoms with Crippen LogP contribution < -0.4 is 21.3 Å². The number of carbonyl (C=O) groups excluding carboxylic acids is 7. The summed E-state index contributed by atoms with van der Waals surface area (Å²) in [6, 6.07) is 2.58. The minimum atomic E-state index is -1.08. The Balaban J connectivity index is 1.52. The van der Waals surface area contributed by atoms with Crippen LogP contribution in [0, 0.1) is 28.1 Å². The molecule has 1 aromatic rings. The number of carbonyl (C=O) groups is 7. The fraction of sp³-hybridized carbons (Fsp3) is 0.605. The van der Waals surface area contributed by atoms with Crippen LogP contribution in [0.1, 0.15) is 84.7 Å². The molecule has 1 saturated carbocycles. The molecule has 6 atom stereocenters. The van der Waals surface area contributed by atoms with Crippen LogP contribution in [0.15, 0.2) is 36.9 Å². The molecule has 4 rings (SSSR count). The van der Waals surface area contributed by atoms with E-state index in [1.165, 1.54) is 15.9 Å². The summed E-state index contributed by atoms with van der Waals surface area (Å²) in [4.78, 5) is 96.3. The summed E-state index contributed by atoms with van der Waals surface area (Å²) in [7, 11) is 0. The van der Waals surface area contributed by atoms with Crippen molar-refractivity contribution in [2.75, 3.05) is 19.6 Å². The Bertz CT molecular complexity index is 1610. The van der Waals surface area contributed by atoms with E-state index >= 15 is 0 Å². The SMILES string of the molecule is C=CCNC(=O)C(=O)C(CC)NC(=O)[C@@H]1[C@@H]2[C@H](CN1C(=O)[C@@H](NC(=O)N[C@H](CN1C(=O)Cc3ccccc3C1=O)C(C)(C)C)C(C)(C)C)C2(C)C. The van der Waals surface area contributed by atoms with E-state index < -0.39 is 70.4 Å². The van der Waals surface area contributed by atoms with Crippen molar-refractivity contribution in [2.45, 2.75) is 99.3 Å². The number of benzene rings is 1. The molecule has 7 amide bonds. The molecule has 0 spiro atoms. The summed E-state index contributed by atoms with van der Waals surface area (Å²) in [5.41, 5.74) is -0.491. The maximum absolute atomic E-state index is 14.4. The number of urea groups is 1. The minimum absolute atomic E-state index is 0.0355. The first-order valence-electron chi connectivity index (χ1n) is 17.7. The monoisotopic (exact) mass is 706 g/mol. The molecule has 1 aromatic carbocycles. The molecular weight excluding hydrogens is 652 g/mol. The molecule has 0 bridgehead atoms. The Morgan fingerprint density at radius 1 is 0.980 bits per heavy atom. The number of ketones is 1. The largest absolute Gasteiger partial charge is 0.346 e. The third-order valence-corrected chi connectivity index (χ3v) is 10.7. The highest BCUT2D eigenvalue weighted by Gasteiger charge is 2.70. The average molecular weight is 707 g/mol. The number of likely N-dealkylation sites (tertiary alicyclic amines) is 1. The summed E-state index contributed by atoms with van der Waals surface area (Å²) in [5.74, 6) is -3.52. The minimum Gasteiger partial charge on any atom is -0.346 e. The van der Waals surface area contributed by atoms with Gasteiger partial charge in [-0.05, 0) is 46.1 Å². The maximum Gasteiger partial charge on any atom is 0.315 e. The van der Waals surface area contributed by atoms with Crippen LogP contribution in [0.3, 0.4) is 0 Å². The fourth-order valence-electron chi connectivity index (χ4n) is 7.28. The molecule has 278 valence electrons. The molecule has 0 radical (unpaired) electrons. The molecule has 3 aliphatic rings. The Kier molecular flexibility index (Phi) is 11.2. The molecule has 2 heterocycles. The van der Waals surface area contributed by atoms with Gasteiger partial charge in [0.15, 0.2) is 0 Å². The molecule has 2 fully saturated rings. The highest BCUT2D eigenvalue weighted by molar-refractivity contribution is 6.38. The molecule has 1 saturated heterocycles. The van der Waals surface area contributed by atoms with Crippen molar-refractivity contribution in [1.29, 1.82) is 0 Å². The van der Waals surface area contributed by atoms with Gasteiger partial charge in [-0.1, -0.05) is 86.6 Å². The lowest BCUT2D eigenvalue weighted by atomic mass is 9.84. The number of hydrogen-bond donors (Lipinski definition) is 4. The molecule has 1 aliphatic carbocycles. The number of nitrogens with one attached hydrogen (secondary N) is 4. The van der Waals surface area contributed by atoms with Crippen molar-refractivity contribution in [3.63, 3.8) is 0 Å². The van der Waals surface area contributed by atoms with Gasteiger partial charge >= 0.3 is 6.03 Å². The first-order valence-corrected chi connectivity index (χ1v) is 17.7. The predicted octanol–water partition coefficient (Wildman–Crippen LogP) is 2.59. The van der Waals surface area contributed by atoms with E-state index in [1.54, 1.807) is 31.2 Å². The van der Waals surface area contributed by atoms with Crippen LogP contribution in [-0.2, 0) is 30.4 Å². The Hall–Kier alpha value is -4.55. The normalized spacial score (nSPS) is 22.5. The molecule has 51 heavy (non-hydrogen) atoms. The van der Waals surface area contributed by atoms with E-state index in [1.807, 2.05) is 55.4 Å². The van der Waals surface area contributed by atoms with E-state index in [9.17, 15) is 33.6 Å². The molecular formula is C38H54N6O7. The van der Waals surface area contributed by atoms with Gasteiger partial charge in [0, 0.05) is 25.2 Å². The third kappa shape index (κ3) is 8.18. The second kappa shape index (κ2) is 14.6. The summed E-state index contributed by atoms with van der Waals surface area (Å²) < 4.78 is 0. The van der Waals surface area contributed by atoms with Crippen molar-refractivity contribution in [3.8, 4) is 0 Å². The number of amides is 7. The second-order valence-electron chi connectivity index (χ2n) is 16.7. The van der Waals surface area contributed by atoms with Gasteiger partial charge in [0.1, 0.15) is 12.1 Å². The van der Waals surface area contributed by atoms with Gasteiger partial charge in [-0.15, -0.1) is 6.58 Å². The number of hydrogen-bond acceptors (Lipinski definition) is 7. The number of fused-ring (bicyclic) bond motifs is 2. The standard InChI is InChI=1S/C38H54N6O7/c1-11-17-39-32(48)29(46)24(12-2)40-31(47)28-27-23(38(27,9)10)19-44(28)34(50)30(37(6,7)8)42-35(51)41-25(36(3,4)5)20-43-26(45)18-21-15-13-14-16-22(21)33(43)49/h11,13-16,23-25,27-28,30H,1,12,17-20H2,2-10H3,(H,39,48)(H,40,47)(H2,41,42,51)/t23-,24?,25+,27-,28-,30+/m0/s1. The zero-order valence-corrected chi connectivity index (χ0v) is 31.3. The van der Waals surface area contributed by atoms with Gasteiger partial charge in [0.25, 0.3) is 11.8 Å². The fourth-order valence-corrected chi connectivity index (χ4v) is 7.28. The highest BCUT2D eigenvalue weighted by atomic mass is 16.2. The first kappa shape index (κ1) is 39.2. The number of Topliss-reactive ketones (excluding diaryl/α,β-unsaturated/α-hetero) is 1. The van der Waals surface area contributed by atoms with Gasteiger partial charge in [-0.2, -0.15) is 0 Å². The quantitative estimate of drug-likeness (QED) is 0.147. The Labute approximate surface area is 300 Å². The topological polar surface area (TPSA) is 174 Å². The van der Waals surface area contributed by atoms with Crippen molar-refractivity contribution in [2.24, 2.45) is 28.1 Å². The summed E-state index contributed by atoms with van der Waals surface area (Å²) in [5, 5.41) is 11.0. The van der Waals surface area contributed by atoms with E-state index in [2.05, 4.69) is 27.8 Å². The number of rotatable bonds is 12. The number of piperidine rings is 1. The number of nitrogens with zero attached hydrogens (tertiary/aromatic N) is 2. The van der Waals surface area contributed by atoms with Gasteiger partial charge < -0.3 is 26.2 Å². The van der Waals surface area contributed by atoms with Crippen LogP contribution in [0.4, 0.5) is 4.79 Å². The van der Waals surface area contributed by atoms with Crippen LogP contribution in [-0.4, -0.2) is 95.0 Å². The lowest BCUT2D eigenvalue weighted by Crippen LogP contribution is -2.63. The van der Waals surface area contributed by atoms with Gasteiger partial charge in [0.2, 0.25) is 23.5 Å². The Morgan fingerprint density at radius 2 is 1.63 bits per heavy atom. The summed E-state index contributed by atoms with van der Waals surface area (Å²) in [6.07, 6.45) is 1.69. The molecule has 13 heteroatoms. The molecule has 1 unspecified atom stereocenters. The second-order valence-corrected chi connectivity index (χ2v) is 16.7. The van der Waals surface area contributed by atoms with Gasteiger partial charge in [0.05, 0.1) is 18.5 Å². The van der Waals surface area contributed by atoms with Crippen molar-refractivity contribution >= 4 is 41.4 Å². The summed E-state index contributed by atoms with van der Waals surface area (Å²) in [6.45, 7) is 20.7. The van der Waals surface area contributed by atoms with Crippen LogP contribution in [0.2, 0.25) is 0 Å². The van der Waals surface area contributed by atoms with E-state index in [0.29, 0.717) is 17.7 Å². The zero-order valence-electron chi connectivity index (χ0n) is 31.3. The van der Waals surface area contributed by atoms with Crippen LogP contribution >= 0.6 is 0 Å². The smallest absolute Gasteiger partial charge is 0.315 e. The maximum atomic E-state index is 14.4.